The van der Waals surface area contributed by atoms with Crippen molar-refractivity contribution in [3.8, 4) is 23.0 Å². The zero-order chi connectivity index (χ0) is 17.2. The Labute approximate surface area is 140 Å². The van der Waals surface area contributed by atoms with Gasteiger partial charge in [-0.05, 0) is 77.7 Å². The Bertz CT molecular complexity index is 848. The number of benzene rings is 2. The molecule has 2 aliphatic rings. The van der Waals surface area contributed by atoms with Crippen LogP contribution in [0.1, 0.15) is 53.9 Å². The minimum atomic E-state index is -0.357. The summed E-state index contributed by atoms with van der Waals surface area (Å²) in [5.74, 6) is -0.228. The largest absolute Gasteiger partial charge is 0.504 e. The van der Waals surface area contributed by atoms with Crippen molar-refractivity contribution in [1.82, 2.24) is 0 Å². The van der Waals surface area contributed by atoms with Crippen molar-refractivity contribution in [2.75, 3.05) is 6.54 Å². The van der Waals surface area contributed by atoms with E-state index in [0.29, 0.717) is 6.54 Å². The molecular formula is C19H21NO4. The van der Waals surface area contributed by atoms with Crippen molar-refractivity contribution in [2.45, 2.75) is 37.0 Å². The van der Waals surface area contributed by atoms with Gasteiger partial charge in [-0.1, -0.05) is 6.92 Å². The average Bonchev–Trinajstić information content (AvgIpc) is 2.97. The Morgan fingerprint density at radius 2 is 1.38 bits per heavy atom. The van der Waals surface area contributed by atoms with E-state index >= 15 is 0 Å². The lowest BCUT2D eigenvalue weighted by atomic mass is 9.75. The summed E-state index contributed by atoms with van der Waals surface area (Å²) < 4.78 is 0. The maximum absolute atomic E-state index is 10.0. The first-order valence-corrected chi connectivity index (χ1v) is 8.20. The van der Waals surface area contributed by atoms with E-state index in [0.717, 1.165) is 35.1 Å². The number of nitrogens with two attached hydrogens (primary N) is 1. The quantitative estimate of drug-likeness (QED) is 0.518. The van der Waals surface area contributed by atoms with Gasteiger partial charge < -0.3 is 26.2 Å². The molecule has 0 fully saturated rings. The van der Waals surface area contributed by atoms with Crippen LogP contribution in [0.5, 0.6) is 23.0 Å². The van der Waals surface area contributed by atoms with Crippen LogP contribution in [0, 0.1) is 0 Å². The second-order valence-corrected chi connectivity index (χ2v) is 7.18. The predicted octanol–water partition coefficient (Wildman–Crippen LogP) is 2.75. The summed E-state index contributed by atoms with van der Waals surface area (Å²) in [6.45, 7) is 2.55. The van der Waals surface area contributed by atoms with Crippen LogP contribution in [0.2, 0.25) is 0 Å². The first kappa shape index (κ1) is 15.1. The molecule has 4 rings (SSSR count). The fraction of sp³-hybridized carbons (Fsp3) is 0.368. The van der Waals surface area contributed by atoms with Crippen LogP contribution in [0.4, 0.5) is 0 Å². The molecule has 0 aliphatic heterocycles. The molecule has 5 heteroatoms. The molecular weight excluding hydrogens is 306 g/mol. The molecule has 2 aliphatic carbocycles. The third kappa shape index (κ3) is 1.79. The fourth-order valence-electron chi connectivity index (χ4n) is 4.80. The summed E-state index contributed by atoms with van der Waals surface area (Å²) in [5, 5.41) is 39.8. The number of hydrogen-bond acceptors (Lipinski definition) is 5. The van der Waals surface area contributed by atoms with E-state index in [1.54, 1.807) is 24.3 Å². The molecule has 0 radical (unpaired) electrons. The number of phenolic OH excluding ortho intramolecular Hbond substituents is 4. The number of fused-ring (bicyclic) bond motifs is 4. The maximum Gasteiger partial charge on any atom is 0.157 e. The van der Waals surface area contributed by atoms with E-state index in [-0.39, 0.29) is 40.2 Å². The second kappa shape index (κ2) is 4.80. The van der Waals surface area contributed by atoms with Crippen molar-refractivity contribution in [3.05, 3.63) is 46.5 Å². The molecule has 0 saturated carbocycles. The van der Waals surface area contributed by atoms with Crippen LogP contribution in [-0.2, 0) is 5.41 Å². The summed E-state index contributed by atoms with van der Waals surface area (Å²) in [4.78, 5) is 0. The smallest absolute Gasteiger partial charge is 0.157 e. The average molecular weight is 327 g/mol. The highest BCUT2D eigenvalue weighted by molar-refractivity contribution is 5.63. The molecule has 24 heavy (non-hydrogen) atoms. The highest BCUT2D eigenvalue weighted by atomic mass is 16.3. The maximum atomic E-state index is 10.0. The van der Waals surface area contributed by atoms with E-state index in [1.165, 1.54) is 0 Å². The lowest BCUT2D eigenvalue weighted by Gasteiger charge is -2.27. The first-order chi connectivity index (χ1) is 11.4. The minimum absolute atomic E-state index is 0.0839. The lowest BCUT2D eigenvalue weighted by molar-refractivity contribution is 0.399. The molecule has 0 bridgehead atoms. The first-order valence-electron chi connectivity index (χ1n) is 8.20. The molecule has 3 atom stereocenters. The molecule has 6 N–H and O–H groups in total. The van der Waals surface area contributed by atoms with E-state index in [9.17, 15) is 20.4 Å². The standard InChI is InChI=1S/C19H21NO4/c1-9-6-19(13-4-17(23)15(21)2-11(9)13)7-10(8-20)12-3-16(22)18(24)5-14(12)19/h2-5,9-10,21-24H,6-8,20H2,1H3. The van der Waals surface area contributed by atoms with E-state index in [2.05, 4.69) is 6.92 Å². The predicted molar refractivity (Wildman–Crippen MR) is 89.8 cm³/mol. The van der Waals surface area contributed by atoms with E-state index < -0.39 is 0 Å². The van der Waals surface area contributed by atoms with Crippen LogP contribution >= 0.6 is 0 Å². The van der Waals surface area contributed by atoms with Crippen LogP contribution in [-0.4, -0.2) is 27.0 Å². The van der Waals surface area contributed by atoms with Crippen molar-refractivity contribution in [2.24, 2.45) is 5.73 Å². The van der Waals surface area contributed by atoms with Gasteiger partial charge in [-0.15, -0.1) is 0 Å². The molecule has 1 spiro atoms. The zero-order valence-electron chi connectivity index (χ0n) is 13.5. The summed E-state index contributed by atoms with van der Waals surface area (Å²) >= 11 is 0. The summed E-state index contributed by atoms with van der Waals surface area (Å²) in [6, 6.07) is 6.52. The molecule has 2 aromatic carbocycles. The number of hydrogen-bond donors (Lipinski definition) is 5. The Morgan fingerprint density at radius 3 is 1.96 bits per heavy atom. The van der Waals surface area contributed by atoms with Gasteiger partial charge >= 0.3 is 0 Å². The Balaban J connectivity index is 2.00. The van der Waals surface area contributed by atoms with Gasteiger partial charge in [0.15, 0.2) is 23.0 Å². The number of phenols is 4. The normalized spacial score (nSPS) is 27.4. The monoisotopic (exact) mass is 327 g/mol. The molecule has 126 valence electrons. The summed E-state index contributed by atoms with van der Waals surface area (Å²) in [6.07, 6.45) is 1.59. The van der Waals surface area contributed by atoms with Crippen LogP contribution in [0.15, 0.2) is 24.3 Å². The van der Waals surface area contributed by atoms with Crippen LogP contribution < -0.4 is 5.73 Å². The number of rotatable bonds is 1. The minimum Gasteiger partial charge on any atom is -0.504 e. The van der Waals surface area contributed by atoms with Gasteiger partial charge in [0.05, 0.1) is 0 Å². The number of aromatic hydroxyl groups is 4. The van der Waals surface area contributed by atoms with Gasteiger partial charge in [0, 0.05) is 5.41 Å². The molecule has 5 nitrogen and oxygen atoms in total. The Morgan fingerprint density at radius 1 is 0.875 bits per heavy atom. The highest BCUT2D eigenvalue weighted by Gasteiger charge is 2.51. The van der Waals surface area contributed by atoms with Crippen molar-refractivity contribution < 1.29 is 20.4 Å². The van der Waals surface area contributed by atoms with Gasteiger partial charge in [0.1, 0.15) is 0 Å². The topological polar surface area (TPSA) is 107 Å². The van der Waals surface area contributed by atoms with Gasteiger partial charge in [-0.25, -0.2) is 0 Å². The lowest BCUT2D eigenvalue weighted by Crippen LogP contribution is -2.22. The molecule has 0 heterocycles. The van der Waals surface area contributed by atoms with E-state index in [1.807, 2.05) is 0 Å². The molecule has 2 aromatic rings. The van der Waals surface area contributed by atoms with E-state index in [4.69, 9.17) is 5.73 Å². The summed E-state index contributed by atoms with van der Waals surface area (Å²) in [7, 11) is 0. The van der Waals surface area contributed by atoms with Crippen molar-refractivity contribution in [1.29, 1.82) is 0 Å². The van der Waals surface area contributed by atoms with Gasteiger partial charge in [-0.2, -0.15) is 0 Å². The summed E-state index contributed by atoms with van der Waals surface area (Å²) in [5.41, 5.74) is 9.52. The molecule has 0 aromatic heterocycles. The van der Waals surface area contributed by atoms with Gasteiger partial charge in [0.2, 0.25) is 0 Å². The molecule has 3 unspecified atom stereocenters. The fourth-order valence-corrected chi connectivity index (χ4v) is 4.80. The second-order valence-electron chi connectivity index (χ2n) is 7.18. The Hall–Kier alpha value is -2.40. The van der Waals surface area contributed by atoms with Gasteiger partial charge in [-0.3, -0.25) is 0 Å². The highest BCUT2D eigenvalue weighted by Crippen LogP contribution is 2.61. The Kier molecular flexibility index (Phi) is 3.03. The van der Waals surface area contributed by atoms with Gasteiger partial charge in [0.25, 0.3) is 0 Å². The third-order valence-electron chi connectivity index (χ3n) is 5.83. The van der Waals surface area contributed by atoms with Crippen LogP contribution in [0.3, 0.4) is 0 Å². The molecule has 0 amide bonds. The molecule has 0 saturated heterocycles. The van der Waals surface area contributed by atoms with Crippen molar-refractivity contribution in [3.63, 3.8) is 0 Å². The SMILES string of the molecule is CC1CC2(CC(CN)c3cc(O)c(O)cc32)c2cc(O)c(O)cc21. The zero-order valence-corrected chi connectivity index (χ0v) is 13.5. The van der Waals surface area contributed by atoms with Crippen LogP contribution in [0.25, 0.3) is 0 Å². The van der Waals surface area contributed by atoms with Crippen molar-refractivity contribution >= 4 is 0 Å². The third-order valence-corrected chi connectivity index (χ3v) is 5.83.